The Kier molecular flexibility index (Phi) is 35.5. The van der Waals surface area contributed by atoms with Crippen LogP contribution in [0.1, 0.15) is 142 Å². The van der Waals surface area contributed by atoms with E-state index in [9.17, 15) is 0 Å². The minimum Gasteiger partial charge on any atom is -0.813 e. The van der Waals surface area contributed by atoms with Gasteiger partial charge in [0.2, 0.25) is 0 Å². The van der Waals surface area contributed by atoms with Crippen molar-refractivity contribution in [2.45, 2.75) is 147 Å². The fraction of sp³-hybridized carbons (Fsp3) is 1.00. The first-order chi connectivity index (χ1) is 14.1. The Labute approximate surface area is 227 Å². The Bertz CT molecular complexity index is 321. The van der Waals surface area contributed by atoms with Gasteiger partial charge >= 0.3 is 0 Å². The van der Waals surface area contributed by atoms with E-state index in [1.54, 1.807) is 0 Å². The van der Waals surface area contributed by atoms with Crippen molar-refractivity contribution in [3.05, 3.63) is 0 Å². The molecule has 0 atom stereocenters. The Hall–Kier alpha value is 1.59. The Morgan fingerprint density at radius 2 is 0.677 bits per heavy atom. The van der Waals surface area contributed by atoms with E-state index in [4.69, 9.17) is 25.3 Å². The molecule has 0 radical (unpaired) electrons. The van der Waals surface area contributed by atoms with Gasteiger partial charge in [0, 0.05) is 19.5 Å². The van der Waals surface area contributed by atoms with E-state index < -0.39 is 4.33 Å². The van der Waals surface area contributed by atoms with Crippen molar-refractivity contribution in [1.29, 1.82) is 0 Å². The summed E-state index contributed by atoms with van der Waals surface area (Å²) in [5, 5.41) is 6.65. The molecule has 0 spiro atoms. The second-order valence-electron chi connectivity index (χ2n) is 8.83. The monoisotopic (exact) mass is 541 g/mol. The minimum atomic E-state index is -0.750. The van der Waals surface area contributed by atoms with E-state index in [2.05, 4.69) is 24.5 Å². The predicted octanol–water partition coefficient (Wildman–Crippen LogP) is 7.44. The molecular formula is C25H53N2S3Zn-3. The molecule has 0 heterocycles. The van der Waals surface area contributed by atoms with Crippen molar-refractivity contribution in [2.24, 2.45) is 0 Å². The van der Waals surface area contributed by atoms with Crippen LogP contribution in [0, 0.1) is 0 Å². The molecule has 0 aliphatic rings. The molecule has 0 aromatic rings. The van der Waals surface area contributed by atoms with Crippen molar-refractivity contribution in [3.8, 4) is 0 Å². The first-order valence-electron chi connectivity index (χ1n) is 13.0. The maximum atomic E-state index is 5.46. The van der Waals surface area contributed by atoms with Gasteiger partial charge in [0.05, 0.1) is 0 Å². The third-order valence-electron chi connectivity index (χ3n) is 5.78. The summed E-state index contributed by atoms with van der Waals surface area (Å²) in [6, 6.07) is 0. The Morgan fingerprint density at radius 3 is 0.935 bits per heavy atom. The maximum absolute atomic E-state index is 5.46. The molecule has 0 aromatic carbocycles. The van der Waals surface area contributed by atoms with Crippen LogP contribution in [0.4, 0.5) is 0 Å². The third-order valence-corrected chi connectivity index (χ3v) is 6.35. The van der Waals surface area contributed by atoms with Gasteiger partial charge in [0.15, 0.2) is 0 Å². The summed E-state index contributed by atoms with van der Waals surface area (Å²) in [6.45, 7) is 6.42. The Balaban J connectivity index is -0.00000392. The van der Waals surface area contributed by atoms with Crippen LogP contribution in [-0.2, 0) is 58.2 Å². The molecular weight excluding hydrogens is 490 g/mol. The number of nitrogens with one attached hydrogen (secondary N) is 2. The van der Waals surface area contributed by atoms with Gasteiger partial charge in [-0.25, -0.2) is 0 Å². The van der Waals surface area contributed by atoms with E-state index in [0.29, 0.717) is 0 Å². The molecule has 0 fully saturated rings. The largest absolute Gasteiger partial charge is 0.813 e. The van der Waals surface area contributed by atoms with E-state index in [-0.39, 0.29) is 33.0 Å². The van der Waals surface area contributed by atoms with Crippen LogP contribution in [-0.4, -0.2) is 17.4 Å². The normalized spacial score (nSPS) is 11.2. The second-order valence-corrected chi connectivity index (χ2v) is 10.3. The summed E-state index contributed by atoms with van der Waals surface area (Å²) >= 11 is 10.9. The zero-order valence-corrected chi connectivity index (χ0v) is 26.5. The van der Waals surface area contributed by atoms with Gasteiger partial charge in [-0.15, -0.1) is 0 Å². The molecule has 0 bridgehead atoms. The topological polar surface area (TPSA) is 24.1 Å². The quantitative estimate of drug-likeness (QED) is 0.0434. The van der Waals surface area contributed by atoms with Crippen LogP contribution in [0.2, 0.25) is 0 Å². The van der Waals surface area contributed by atoms with Crippen molar-refractivity contribution in [2.75, 3.05) is 13.1 Å². The Morgan fingerprint density at radius 1 is 0.452 bits per heavy atom. The fourth-order valence-corrected chi connectivity index (χ4v) is 4.20. The molecule has 186 valence electrons. The molecule has 0 saturated carbocycles. The van der Waals surface area contributed by atoms with Crippen LogP contribution < -0.4 is 10.6 Å². The summed E-state index contributed by atoms with van der Waals surface area (Å²) in [6.07, 6.45) is 27.4. The molecule has 0 unspecified atom stereocenters. The summed E-state index contributed by atoms with van der Waals surface area (Å²) in [4.78, 5) is 0. The first-order valence-corrected chi connectivity index (χ1v) is 13.8. The summed E-state index contributed by atoms with van der Waals surface area (Å²) in [7, 11) is 0. The molecule has 0 saturated heterocycles. The van der Waals surface area contributed by atoms with Gasteiger partial charge in [-0.05, 0) is 25.9 Å². The van der Waals surface area contributed by atoms with Gasteiger partial charge in [0.1, 0.15) is 0 Å². The number of hydrogen-bond donors (Lipinski definition) is 2. The van der Waals surface area contributed by atoms with Crippen molar-refractivity contribution >= 4 is 38.8 Å². The van der Waals surface area contributed by atoms with E-state index in [1.807, 2.05) is 0 Å². The second kappa shape index (κ2) is 29.6. The zero-order chi connectivity index (χ0) is 21.5. The molecule has 0 aromatic heterocycles. The fourth-order valence-electron chi connectivity index (χ4n) is 3.79. The first kappa shape index (κ1) is 37.1. The number of unbranched alkanes of at least 4 members (excludes halogenated alkanes) is 18. The molecule has 2 nitrogen and oxygen atoms in total. The van der Waals surface area contributed by atoms with E-state index in [0.717, 1.165) is 13.1 Å². The molecule has 0 aliphatic carbocycles. The van der Waals surface area contributed by atoms with Gasteiger partial charge < -0.3 is 49.4 Å². The van der Waals surface area contributed by atoms with Gasteiger partial charge in [-0.3, -0.25) is 0 Å². The summed E-state index contributed by atoms with van der Waals surface area (Å²) < 4.78 is -0.750. The predicted molar refractivity (Wildman–Crippen MR) is 146 cm³/mol. The molecule has 2 N–H and O–H groups in total. The number of thiol groups is 1. The van der Waals surface area contributed by atoms with Gasteiger partial charge in [-0.2, -0.15) is 4.33 Å². The molecule has 6 heteroatoms. The van der Waals surface area contributed by atoms with Crippen LogP contribution in [0.15, 0.2) is 0 Å². The van der Waals surface area contributed by atoms with Crippen molar-refractivity contribution in [3.63, 3.8) is 0 Å². The summed E-state index contributed by atoms with van der Waals surface area (Å²) in [5.74, 6) is 0. The molecule has 0 rings (SSSR count). The van der Waals surface area contributed by atoms with Crippen LogP contribution in [0.3, 0.4) is 0 Å². The molecule has 0 aliphatic heterocycles. The van der Waals surface area contributed by atoms with Crippen molar-refractivity contribution in [1.82, 2.24) is 10.6 Å². The zero-order valence-electron chi connectivity index (χ0n) is 21.0. The number of hydrogen-bond acceptors (Lipinski definition) is 5. The standard InChI is InChI=1S/C25H54N2S2.H2S.Zn/c1-3-5-7-9-11-12-13-14-15-16-17-18-20-22-24-27-25(28,29)26-23-21-19-10-8-6-4-2;;/h26-29H,3-24H2,1-2H3;1H2;/p-3. The number of rotatable bonds is 24. The van der Waals surface area contributed by atoms with E-state index in [1.165, 1.54) is 128 Å². The van der Waals surface area contributed by atoms with E-state index >= 15 is 0 Å². The van der Waals surface area contributed by atoms with Gasteiger partial charge in [-0.1, -0.05) is 129 Å². The summed E-state index contributed by atoms with van der Waals surface area (Å²) in [5.41, 5.74) is 0. The van der Waals surface area contributed by atoms with Crippen molar-refractivity contribution < 1.29 is 19.5 Å². The smallest absolute Gasteiger partial charge is 0 e. The van der Waals surface area contributed by atoms with Crippen LogP contribution >= 0.6 is 0 Å². The van der Waals surface area contributed by atoms with Crippen LogP contribution in [0.5, 0.6) is 0 Å². The third kappa shape index (κ3) is 31.6. The molecule has 0 amide bonds. The van der Waals surface area contributed by atoms with Crippen LogP contribution in [0.25, 0.3) is 0 Å². The minimum absolute atomic E-state index is 0. The SMILES string of the molecule is CCCCCCCCCCCCCCCCNC([S-])([S-])NCCCCCCCC.[SH-].[Zn]. The average Bonchev–Trinajstić information content (AvgIpc) is 2.70. The average molecular weight is 543 g/mol. The molecule has 31 heavy (non-hydrogen) atoms. The maximum Gasteiger partial charge on any atom is 0 e. The van der Waals surface area contributed by atoms with Gasteiger partial charge in [0.25, 0.3) is 0 Å².